The van der Waals surface area contributed by atoms with Gasteiger partial charge in [0.05, 0.1) is 5.92 Å². The molecule has 1 aromatic heterocycles. The quantitative estimate of drug-likeness (QED) is 0.837. The second-order valence-corrected chi connectivity index (χ2v) is 7.90. The van der Waals surface area contributed by atoms with E-state index in [1.807, 2.05) is 55.2 Å². The van der Waals surface area contributed by atoms with E-state index in [1.54, 1.807) is 6.33 Å². The first-order valence-electron chi connectivity index (χ1n) is 9.57. The van der Waals surface area contributed by atoms with E-state index in [-0.39, 0.29) is 17.4 Å². The van der Waals surface area contributed by atoms with Crippen LogP contribution >= 0.6 is 0 Å². The first-order chi connectivity index (χ1) is 13.0. The Morgan fingerprint density at radius 2 is 1.81 bits per heavy atom. The highest BCUT2D eigenvalue weighted by molar-refractivity contribution is 5.87. The Labute approximate surface area is 160 Å². The number of amides is 1. The summed E-state index contributed by atoms with van der Waals surface area (Å²) in [5, 5.41) is 0. The zero-order chi connectivity index (χ0) is 19.0. The summed E-state index contributed by atoms with van der Waals surface area (Å²) in [5.41, 5.74) is 1.10. The van der Waals surface area contributed by atoms with E-state index < -0.39 is 0 Å². The topological polar surface area (TPSA) is 52.6 Å². The average molecular weight is 365 g/mol. The van der Waals surface area contributed by atoms with Crippen LogP contribution in [0.3, 0.4) is 0 Å². The highest BCUT2D eigenvalue weighted by Crippen LogP contribution is 2.45. The largest absolute Gasteiger partial charge is 0.363 e. The molecule has 4 rings (SSSR count). The lowest BCUT2D eigenvalue weighted by Gasteiger charge is -2.43. The second kappa shape index (κ2) is 6.83. The number of benzene rings is 1. The van der Waals surface area contributed by atoms with Gasteiger partial charge in [-0.3, -0.25) is 4.79 Å². The average Bonchev–Trinajstić information content (AvgIpc) is 2.95. The van der Waals surface area contributed by atoms with Crippen molar-refractivity contribution < 1.29 is 4.79 Å². The van der Waals surface area contributed by atoms with Crippen molar-refractivity contribution in [3.05, 3.63) is 48.3 Å². The van der Waals surface area contributed by atoms with Gasteiger partial charge >= 0.3 is 0 Å². The SMILES string of the molecule is CN(C)c1cc(N2CCC3(CC2)CC(c2ccccc2)C(=O)N3C)ncn1. The summed E-state index contributed by atoms with van der Waals surface area (Å²) in [6.07, 6.45) is 4.48. The molecule has 1 atom stereocenters. The predicted molar refractivity (Wildman–Crippen MR) is 107 cm³/mol. The van der Waals surface area contributed by atoms with Crippen molar-refractivity contribution in [2.45, 2.75) is 30.7 Å². The molecule has 1 aromatic carbocycles. The molecule has 2 aliphatic heterocycles. The van der Waals surface area contributed by atoms with E-state index in [0.29, 0.717) is 0 Å². The predicted octanol–water partition coefficient (Wildman–Crippen LogP) is 2.53. The van der Waals surface area contributed by atoms with Gasteiger partial charge in [0, 0.05) is 45.8 Å². The van der Waals surface area contributed by atoms with Crippen molar-refractivity contribution in [1.29, 1.82) is 0 Å². The number of likely N-dealkylation sites (N-methyl/N-ethyl adjacent to an activating group) is 1. The van der Waals surface area contributed by atoms with Crippen LogP contribution in [0.25, 0.3) is 0 Å². The Kier molecular flexibility index (Phi) is 4.50. The summed E-state index contributed by atoms with van der Waals surface area (Å²) in [7, 11) is 5.95. The zero-order valence-electron chi connectivity index (χ0n) is 16.3. The maximum absolute atomic E-state index is 12.9. The molecule has 2 saturated heterocycles. The van der Waals surface area contributed by atoms with Gasteiger partial charge in [0.25, 0.3) is 0 Å². The molecule has 1 unspecified atom stereocenters. The summed E-state index contributed by atoms with van der Waals surface area (Å²) < 4.78 is 0. The Morgan fingerprint density at radius 1 is 1.11 bits per heavy atom. The molecule has 6 heteroatoms. The molecule has 2 fully saturated rings. The van der Waals surface area contributed by atoms with Gasteiger partial charge in [0.1, 0.15) is 18.0 Å². The molecule has 0 aliphatic carbocycles. The van der Waals surface area contributed by atoms with E-state index in [9.17, 15) is 4.79 Å². The number of carbonyl (C=O) groups excluding carboxylic acids is 1. The number of rotatable bonds is 3. The fourth-order valence-corrected chi connectivity index (χ4v) is 4.46. The van der Waals surface area contributed by atoms with Crippen LogP contribution in [-0.2, 0) is 4.79 Å². The van der Waals surface area contributed by atoms with E-state index in [2.05, 4.69) is 27.0 Å². The second-order valence-electron chi connectivity index (χ2n) is 7.90. The molecule has 0 saturated carbocycles. The number of aromatic nitrogens is 2. The molecular weight excluding hydrogens is 338 g/mol. The van der Waals surface area contributed by atoms with Crippen LogP contribution in [0.4, 0.5) is 11.6 Å². The summed E-state index contributed by atoms with van der Waals surface area (Å²) in [4.78, 5) is 28.0. The zero-order valence-corrected chi connectivity index (χ0v) is 16.3. The van der Waals surface area contributed by atoms with E-state index >= 15 is 0 Å². The van der Waals surface area contributed by atoms with Gasteiger partial charge in [-0.15, -0.1) is 0 Å². The first kappa shape index (κ1) is 17.8. The summed E-state index contributed by atoms with van der Waals surface area (Å²) in [5.74, 6) is 2.13. The standard InChI is InChI=1S/C21H27N5O/c1-24(2)18-13-19(23-15-22-18)26-11-9-21(10-12-26)14-17(20(27)25(21)3)16-7-5-4-6-8-16/h4-8,13,15,17H,9-12,14H2,1-3H3. The van der Waals surface area contributed by atoms with Crippen LogP contribution in [0.2, 0.25) is 0 Å². The number of nitrogens with zero attached hydrogens (tertiary/aromatic N) is 5. The number of likely N-dealkylation sites (tertiary alicyclic amines) is 1. The normalized spacial score (nSPS) is 21.7. The van der Waals surface area contributed by atoms with Gasteiger partial charge in [-0.05, 0) is 24.8 Å². The molecule has 2 aromatic rings. The number of carbonyl (C=O) groups is 1. The minimum atomic E-state index is -0.0362. The van der Waals surface area contributed by atoms with Gasteiger partial charge in [-0.1, -0.05) is 30.3 Å². The maximum atomic E-state index is 12.9. The van der Waals surface area contributed by atoms with Gasteiger partial charge < -0.3 is 14.7 Å². The van der Waals surface area contributed by atoms with Crippen LogP contribution in [0, 0.1) is 0 Å². The lowest BCUT2D eigenvalue weighted by atomic mass is 9.81. The van der Waals surface area contributed by atoms with Crippen LogP contribution in [0.15, 0.2) is 42.7 Å². The third-order valence-electron chi connectivity index (χ3n) is 6.24. The van der Waals surface area contributed by atoms with E-state index in [0.717, 1.165) is 49.6 Å². The maximum Gasteiger partial charge on any atom is 0.230 e. The Balaban J connectivity index is 1.50. The number of piperidine rings is 1. The molecule has 1 amide bonds. The smallest absolute Gasteiger partial charge is 0.230 e. The highest BCUT2D eigenvalue weighted by Gasteiger charge is 2.50. The fourth-order valence-electron chi connectivity index (χ4n) is 4.46. The Morgan fingerprint density at radius 3 is 2.48 bits per heavy atom. The Hall–Kier alpha value is -2.63. The molecule has 0 bridgehead atoms. The van der Waals surface area contributed by atoms with Crippen molar-refractivity contribution in [1.82, 2.24) is 14.9 Å². The molecule has 1 spiro atoms. The van der Waals surface area contributed by atoms with Gasteiger partial charge in [0.2, 0.25) is 5.91 Å². The molecule has 3 heterocycles. The van der Waals surface area contributed by atoms with E-state index in [1.165, 1.54) is 0 Å². The van der Waals surface area contributed by atoms with Crippen molar-refractivity contribution in [3.8, 4) is 0 Å². The molecular formula is C21H27N5O. The van der Waals surface area contributed by atoms with E-state index in [4.69, 9.17) is 0 Å². The minimum Gasteiger partial charge on any atom is -0.363 e. The van der Waals surface area contributed by atoms with Crippen LogP contribution in [0.1, 0.15) is 30.7 Å². The monoisotopic (exact) mass is 365 g/mol. The summed E-state index contributed by atoms with van der Waals surface area (Å²) >= 11 is 0. The van der Waals surface area contributed by atoms with Gasteiger partial charge in [0.15, 0.2) is 0 Å². The number of hydrogen-bond acceptors (Lipinski definition) is 5. The van der Waals surface area contributed by atoms with Crippen molar-refractivity contribution in [3.63, 3.8) is 0 Å². The molecule has 0 N–H and O–H groups in total. The molecule has 0 radical (unpaired) electrons. The molecule has 27 heavy (non-hydrogen) atoms. The number of hydrogen-bond donors (Lipinski definition) is 0. The van der Waals surface area contributed by atoms with Gasteiger partial charge in [-0.25, -0.2) is 9.97 Å². The first-order valence-corrected chi connectivity index (χ1v) is 9.57. The number of anilines is 2. The van der Waals surface area contributed by atoms with Crippen LogP contribution in [-0.4, -0.2) is 60.5 Å². The van der Waals surface area contributed by atoms with Crippen molar-refractivity contribution >= 4 is 17.5 Å². The lowest BCUT2D eigenvalue weighted by molar-refractivity contribution is -0.131. The van der Waals surface area contributed by atoms with Crippen LogP contribution in [0.5, 0.6) is 0 Å². The van der Waals surface area contributed by atoms with Crippen molar-refractivity contribution in [2.75, 3.05) is 44.0 Å². The fraction of sp³-hybridized carbons (Fsp3) is 0.476. The van der Waals surface area contributed by atoms with Gasteiger partial charge in [-0.2, -0.15) is 0 Å². The van der Waals surface area contributed by atoms with Crippen molar-refractivity contribution in [2.24, 2.45) is 0 Å². The molecule has 6 nitrogen and oxygen atoms in total. The highest BCUT2D eigenvalue weighted by atomic mass is 16.2. The third-order valence-corrected chi connectivity index (χ3v) is 6.24. The minimum absolute atomic E-state index is 0.0119. The third kappa shape index (κ3) is 3.13. The lowest BCUT2D eigenvalue weighted by Crippen LogP contribution is -2.51. The summed E-state index contributed by atoms with van der Waals surface area (Å²) in [6, 6.07) is 12.2. The summed E-state index contributed by atoms with van der Waals surface area (Å²) in [6.45, 7) is 1.81. The molecule has 2 aliphatic rings. The molecule has 142 valence electrons. The Bertz CT molecular complexity index is 814. The van der Waals surface area contributed by atoms with Crippen LogP contribution < -0.4 is 9.80 Å².